The molecule has 1 fully saturated rings. The second-order valence-corrected chi connectivity index (χ2v) is 13.9. The zero-order valence-corrected chi connectivity index (χ0v) is 30.1. The number of nitrogens with two attached hydrogens (primary N) is 1. The first-order chi connectivity index (χ1) is 23.7. The molecule has 4 rings (SSSR count). The van der Waals surface area contributed by atoms with Crippen molar-refractivity contribution in [3.05, 3.63) is 120 Å². The van der Waals surface area contributed by atoms with Crippen molar-refractivity contribution >= 4 is 34.1 Å². The number of hydrogen-bond acceptors (Lipinski definition) is 7. The van der Waals surface area contributed by atoms with Crippen molar-refractivity contribution in [1.82, 2.24) is 20.9 Å². The average Bonchev–Trinajstić information content (AvgIpc) is 3.10. The van der Waals surface area contributed by atoms with Crippen LogP contribution in [0.25, 0.3) is 0 Å². The number of ether oxygens (including phenoxy) is 2. The summed E-state index contributed by atoms with van der Waals surface area (Å²) < 4.78 is 11.1. The minimum atomic E-state index is -0.915. The van der Waals surface area contributed by atoms with Gasteiger partial charge >= 0.3 is 12.0 Å². The van der Waals surface area contributed by atoms with E-state index in [1.165, 1.54) is 6.08 Å². The largest absolute Gasteiger partial charge is 0.466 e. The van der Waals surface area contributed by atoms with Gasteiger partial charge < -0.3 is 30.7 Å². The summed E-state index contributed by atoms with van der Waals surface area (Å²) in [6, 6.07) is 25.6. The predicted octanol–water partition coefficient (Wildman–Crippen LogP) is 1.75. The number of esters is 1. The van der Waals surface area contributed by atoms with Crippen molar-refractivity contribution in [2.75, 3.05) is 26.3 Å². The standard InChI is InChI=1S/C37H47N5O6Si/c1-26(49)48-36(45)33(24-28-13-7-3-8-14-28)40-31(29-15-9-4-10-16-29)25-30(17-18-34(38)43)39-35(44)32(23-27-11-5-2-6-12-27)41-37(46)42-19-21-47-22-20-42/h2-18,26,30-33,40H,19-25H2,1,49H3,(H2,38,43)(H,39,44)(H,41,46)/b18-17+/t26-,30?,31?,32-,33-/m0/s1. The van der Waals surface area contributed by atoms with Crippen LogP contribution < -0.4 is 21.7 Å². The summed E-state index contributed by atoms with van der Waals surface area (Å²) in [7, 11) is 0.684. The third kappa shape index (κ3) is 12.6. The highest BCUT2D eigenvalue weighted by molar-refractivity contribution is 6.11. The number of hydrogen-bond donors (Lipinski definition) is 4. The maximum Gasteiger partial charge on any atom is 0.323 e. The normalized spacial score (nSPS) is 16.2. The van der Waals surface area contributed by atoms with Gasteiger partial charge in [0.25, 0.3) is 0 Å². The second kappa shape index (κ2) is 19.3. The van der Waals surface area contributed by atoms with Crippen LogP contribution in [0.2, 0.25) is 0 Å². The highest BCUT2D eigenvalue weighted by Crippen LogP contribution is 2.22. The number of carbonyl (C=O) groups is 4. The summed E-state index contributed by atoms with van der Waals surface area (Å²) >= 11 is 0. The van der Waals surface area contributed by atoms with E-state index in [4.69, 9.17) is 15.2 Å². The molecule has 0 spiro atoms. The lowest BCUT2D eigenvalue weighted by molar-refractivity contribution is -0.147. The molecule has 3 aromatic rings. The molecule has 5 atom stereocenters. The Morgan fingerprint density at radius 3 is 1.96 bits per heavy atom. The molecule has 260 valence electrons. The monoisotopic (exact) mass is 685 g/mol. The van der Waals surface area contributed by atoms with E-state index < -0.39 is 36.0 Å². The van der Waals surface area contributed by atoms with Crippen molar-refractivity contribution < 1.29 is 28.7 Å². The molecule has 0 aliphatic carbocycles. The van der Waals surface area contributed by atoms with E-state index in [-0.39, 0.29) is 30.6 Å². The average molecular weight is 686 g/mol. The Bertz CT molecular complexity index is 1520. The fraction of sp³-hybridized carbons (Fsp3) is 0.351. The minimum absolute atomic E-state index is 0.178. The maximum atomic E-state index is 14.0. The summed E-state index contributed by atoms with van der Waals surface area (Å²) in [6.07, 6.45) is 3.65. The van der Waals surface area contributed by atoms with Gasteiger partial charge in [0, 0.05) is 37.7 Å². The van der Waals surface area contributed by atoms with Crippen molar-refractivity contribution in [3.63, 3.8) is 0 Å². The number of primary amides is 1. The molecule has 2 unspecified atom stereocenters. The van der Waals surface area contributed by atoms with Gasteiger partial charge in [-0.3, -0.25) is 19.7 Å². The fourth-order valence-electron chi connectivity index (χ4n) is 5.60. The fourth-order valence-corrected chi connectivity index (χ4v) is 5.84. The first-order valence-electron chi connectivity index (χ1n) is 16.7. The van der Waals surface area contributed by atoms with E-state index in [1.54, 1.807) is 11.0 Å². The predicted molar refractivity (Wildman–Crippen MR) is 191 cm³/mol. The Hall–Kier alpha value is -4.78. The molecule has 1 aliphatic rings. The Balaban J connectivity index is 1.61. The van der Waals surface area contributed by atoms with Crippen LogP contribution in [0.1, 0.15) is 36.1 Å². The summed E-state index contributed by atoms with van der Waals surface area (Å²) in [6.45, 7) is 3.56. The Morgan fingerprint density at radius 2 is 1.41 bits per heavy atom. The molecule has 4 amide bonds. The number of nitrogens with zero attached hydrogens (tertiary/aromatic N) is 1. The van der Waals surface area contributed by atoms with Crippen LogP contribution in [0.5, 0.6) is 0 Å². The van der Waals surface area contributed by atoms with Gasteiger partial charge in [0.1, 0.15) is 12.1 Å². The van der Waals surface area contributed by atoms with E-state index in [9.17, 15) is 19.2 Å². The smallest absolute Gasteiger partial charge is 0.323 e. The maximum absolute atomic E-state index is 14.0. The third-order valence-electron chi connectivity index (χ3n) is 8.03. The van der Waals surface area contributed by atoms with Crippen molar-refractivity contribution in [3.8, 4) is 0 Å². The molecule has 0 aromatic heterocycles. The van der Waals surface area contributed by atoms with E-state index in [2.05, 4.69) is 16.0 Å². The summed E-state index contributed by atoms with van der Waals surface area (Å²) in [5, 5.41) is 9.47. The lowest BCUT2D eigenvalue weighted by Gasteiger charge is -2.31. The lowest BCUT2D eigenvalue weighted by atomic mass is 9.96. The molecule has 5 N–H and O–H groups in total. The SMILES string of the molecule is C[C@H]([SiH3])OC(=O)[C@H](Cc1ccccc1)NC(CC(/C=C/C(N)=O)NC(=O)[C@H](Cc1ccccc1)NC(=O)N1CCOCC1)c1ccccc1. The molecule has 1 saturated heterocycles. The van der Waals surface area contributed by atoms with Gasteiger partial charge in [-0.05, 0) is 36.5 Å². The van der Waals surface area contributed by atoms with Gasteiger partial charge in [0.15, 0.2) is 0 Å². The number of nitrogens with one attached hydrogen (secondary N) is 3. The van der Waals surface area contributed by atoms with Gasteiger partial charge in [-0.1, -0.05) is 97.1 Å². The van der Waals surface area contributed by atoms with Crippen molar-refractivity contribution in [1.29, 1.82) is 0 Å². The molecule has 0 saturated carbocycles. The van der Waals surface area contributed by atoms with Gasteiger partial charge in [0.2, 0.25) is 11.8 Å². The first-order valence-corrected chi connectivity index (χ1v) is 17.8. The van der Waals surface area contributed by atoms with Crippen molar-refractivity contribution in [2.24, 2.45) is 5.73 Å². The molecule has 3 aromatic carbocycles. The molecule has 11 nitrogen and oxygen atoms in total. The van der Waals surface area contributed by atoms with Crippen LogP contribution in [0, 0.1) is 0 Å². The van der Waals surface area contributed by atoms with Crippen LogP contribution in [0.15, 0.2) is 103 Å². The number of morpholine rings is 1. The highest BCUT2D eigenvalue weighted by atomic mass is 28.1. The summed E-state index contributed by atoms with van der Waals surface area (Å²) in [5.74, 6) is -1.47. The molecule has 0 radical (unpaired) electrons. The molecule has 1 aliphatic heterocycles. The number of carbonyl (C=O) groups excluding carboxylic acids is 4. The van der Waals surface area contributed by atoms with E-state index in [0.29, 0.717) is 43.0 Å². The molecular weight excluding hydrogens is 639 g/mol. The van der Waals surface area contributed by atoms with Gasteiger partial charge in [-0.2, -0.15) is 0 Å². The van der Waals surface area contributed by atoms with E-state index in [0.717, 1.165) is 16.7 Å². The lowest BCUT2D eigenvalue weighted by Crippen LogP contribution is -2.55. The number of rotatable bonds is 16. The van der Waals surface area contributed by atoms with Gasteiger partial charge in [-0.15, -0.1) is 0 Å². The number of benzene rings is 3. The van der Waals surface area contributed by atoms with Crippen LogP contribution in [0.4, 0.5) is 4.79 Å². The van der Waals surface area contributed by atoms with Crippen LogP contribution in [-0.4, -0.2) is 89.1 Å². The van der Waals surface area contributed by atoms with Crippen LogP contribution >= 0.6 is 0 Å². The molecule has 49 heavy (non-hydrogen) atoms. The molecular formula is C37H47N5O6Si. The van der Waals surface area contributed by atoms with Crippen LogP contribution in [0.3, 0.4) is 0 Å². The number of amides is 4. The quantitative estimate of drug-likeness (QED) is 0.102. The summed E-state index contributed by atoms with van der Waals surface area (Å²) in [5.41, 5.74) is 8.02. The minimum Gasteiger partial charge on any atom is -0.466 e. The molecule has 0 bridgehead atoms. The zero-order chi connectivity index (χ0) is 35.0. The van der Waals surface area contributed by atoms with Crippen LogP contribution in [-0.2, 0) is 36.7 Å². The second-order valence-electron chi connectivity index (χ2n) is 12.3. The van der Waals surface area contributed by atoms with E-state index >= 15 is 0 Å². The summed E-state index contributed by atoms with van der Waals surface area (Å²) in [4.78, 5) is 54.2. The number of urea groups is 1. The Kier molecular flexibility index (Phi) is 14.6. The third-order valence-corrected chi connectivity index (χ3v) is 8.26. The zero-order valence-electron chi connectivity index (χ0n) is 28.1. The van der Waals surface area contributed by atoms with E-state index in [1.807, 2.05) is 97.9 Å². The Labute approximate surface area is 291 Å². The van der Waals surface area contributed by atoms with Gasteiger partial charge in [0.05, 0.1) is 29.2 Å². The molecule has 12 heteroatoms. The first kappa shape index (κ1) is 37.0. The molecule has 1 heterocycles. The highest BCUT2D eigenvalue weighted by Gasteiger charge is 2.30. The van der Waals surface area contributed by atoms with Gasteiger partial charge in [-0.25, -0.2) is 4.79 Å². The topological polar surface area (TPSA) is 152 Å². The van der Waals surface area contributed by atoms with Crippen molar-refractivity contribution in [2.45, 2.75) is 56.1 Å². The Morgan fingerprint density at radius 1 is 0.857 bits per heavy atom.